The summed E-state index contributed by atoms with van der Waals surface area (Å²) in [7, 11) is 1.81. The van der Waals surface area contributed by atoms with E-state index in [9.17, 15) is 14.7 Å². The topological polar surface area (TPSA) is 161 Å². The van der Waals surface area contributed by atoms with Crippen LogP contribution in [-0.2, 0) is 39.3 Å². The predicted octanol–water partition coefficient (Wildman–Crippen LogP) is 4.39. The van der Waals surface area contributed by atoms with Crippen molar-refractivity contribution in [2.45, 2.75) is 68.9 Å². The summed E-state index contributed by atoms with van der Waals surface area (Å²) in [5, 5.41) is 33.4. The van der Waals surface area contributed by atoms with Crippen molar-refractivity contribution >= 4 is 23.6 Å². The molecule has 12 nitrogen and oxygen atoms in total. The smallest absolute Gasteiger partial charge is 0.243 e. The minimum atomic E-state index is -0.576. The average molecular weight is 647 g/mol. The normalized spacial score (nSPS) is 17.8. The molecule has 2 amide bonds. The van der Waals surface area contributed by atoms with Crippen molar-refractivity contribution in [3.05, 3.63) is 95.1 Å². The van der Waals surface area contributed by atoms with E-state index < -0.39 is 12.2 Å². The van der Waals surface area contributed by atoms with Gasteiger partial charge in [0, 0.05) is 44.2 Å². The number of thioether (sulfide) groups is 1. The number of carbonyl (C=O) groups excluding carboxylic acids is 2. The number of benzene rings is 3. The minimum Gasteiger partial charge on any atom is -0.392 e. The first-order chi connectivity index (χ1) is 22.4. The van der Waals surface area contributed by atoms with Gasteiger partial charge in [-0.3, -0.25) is 14.8 Å². The quantitative estimate of drug-likeness (QED) is 0.0670. The lowest BCUT2D eigenvalue weighted by atomic mass is 9.99. The maximum atomic E-state index is 12.2. The number of hydrogen-bond acceptors (Lipinski definition) is 10. The SMILES string of the molecule is Cn1nnnc1SCC1CC(c2ccc(CO)cc2)OC(c2ccc(-c3cccc(CNC(=O)CCCCC(=O)NO)c3)cc2)O1. The molecule has 1 aliphatic heterocycles. The summed E-state index contributed by atoms with van der Waals surface area (Å²) in [6.45, 7) is 0.387. The summed E-state index contributed by atoms with van der Waals surface area (Å²) < 4.78 is 14.6. The second kappa shape index (κ2) is 16.4. The number of nitrogens with one attached hydrogen (secondary N) is 2. The highest BCUT2D eigenvalue weighted by Crippen LogP contribution is 2.39. The van der Waals surface area contributed by atoms with E-state index in [-0.39, 0.29) is 31.1 Å². The first-order valence-electron chi connectivity index (χ1n) is 15.2. The molecule has 0 bridgehead atoms. The molecule has 5 rings (SSSR count). The number of rotatable bonds is 14. The number of carbonyl (C=O) groups is 2. The summed E-state index contributed by atoms with van der Waals surface area (Å²) in [5.74, 6) is 0.120. The molecule has 1 fully saturated rings. The molecule has 13 heteroatoms. The monoisotopic (exact) mass is 646 g/mol. The lowest BCUT2D eigenvalue weighted by molar-refractivity contribution is -0.245. The van der Waals surface area contributed by atoms with Crippen LogP contribution in [-0.4, -0.2) is 54.2 Å². The molecule has 242 valence electrons. The van der Waals surface area contributed by atoms with E-state index >= 15 is 0 Å². The molecule has 1 aliphatic rings. The second-order valence-electron chi connectivity index (χ2n) is 11.1. The molecule has 4 N–H and O–H groups in total. The van der Waals surface area contributed by atoms with E-state index in [1.807, 2.05) is 73.8 Å². The second-order valence-corrected chi connectivity index (χ2v) is 12.1. The van der Waals surface area contributed by atoms with Gasteiger partial charge in [-0.05, 0) is 57.2 Å². The fourth-order valence-corrected chi connectivity index (χ4v) is 6.01. The molecule has 0 radical (unpaired) electrons. The number of aromatic nitrogens is 4. The zero-order valence-corrected chi connectivity index (χ0v) is 26.4. The zero-order chi connectivity index (χ0) is 32.3. The van der Waals surface area contributed by atoms with Gasteiger partial charge < -0.3 is 19.9 Å². The molecule has 1 saturated heterocycles. The Morgan fingerprint density at radius 3 is 2.37 bits per heavy atom. The molecule has 4 aromatic rings. The maximum absolute atomic E-state index is 12.2. The third-order valence-electron chi connectivity index (χ3n) is 7.71. The lowest BCUT2D eigenvalue weighted by Crippen LogP contribution is -2.31. The van der Waals surface area contributed by atoms with E-state index in [4.69, 9.17) is 14.7 Å². The van der Waals surface area contributed by atoms with Crippen molar-refractivity contribution in [3.8, 4) is 11.1 Å². The number of nitrogens with zero attached hydrogens (tertiary/aromatic N) is 4. The zero-order valence-electron chi connectivity index (χ0n) is 25.5. The van der Waals surface area contributed by atoms with Gasteiger partial charge in [0.1, 0.15) is 0 Å². The van der Waals surface area contributed by atoms with Crippen LogP contribution in [0.4, 0.5) is 0 Å². The van der Waals surface area contributed by atoms with E-state index in [0.717, 1.165) is 33.4 Å². The number of ether oxygens (including phenoxy) is 2. The lowest BCUT2D eigenvalue weighted by Gasteiger charge is -2.36. The van der Waals surface area contributed by atoms with Gasteiger partial charge in [0.05, 0.1) is 18.8 Å². The Labute approximate surface area is 271 Å². The fourth-order valence-electron chi connectivity index (χ4n) is 5.14. The summed E-state index contributed by atoms with van der Waals surface area (Å²) in [6.07, 6.45) is 1.37. The maximum Gasteiger partial charge on any atom is 0.243 e. The number of tetrazole rings is 1. The number of aryl methyl sites for hydroxylation is 1. The summed E-state index contributed by atoms with van der Waals surface area (Å²) in [6, 6.07) is 23.9. The number of aliphatic hydroxyl groups excluding tert-OH is 1. The van der Waals surface area contributed by atoms with Crippen LogP contribution in [0.15, 0.2) is 78.0 Å². The molecule has 1 aromatic heterocycles. The summed E-state index contributed by atoms with van der Waals surface area (Å²) >= 11 is 1.54. The minimum absolute atomic E-state index is 0.0124. The number of hydroxylamine groups is 1. The number of amides is 2. The van der Waals surface area contributed by atoms with Gasteiger partial charge in [0.25, 0.3) is 0 Å². The van der Waals surface area contributed by atoms with E-state index in [1.54, 1.807) is 10.2 Å². The Morgan fingerprint density at radius 1 is 0.935 bits per heavy atom. The molecular weight excluding hydrogens is 608 g/mol. The van der Waals surface area contributed by atoms with Crippen LogP contribution in [0.3, 0.4) is 0 Å². The van der Waals surface area contributed by atoms with Crippen molar-refractivity contribution < 1.29 is 29.4 Å². The Kier molecular flexibility index (Phi) is 11.9. The van der Waals surface area contributed by atoms with Crippen molar-refractivity contribution in [1.29, 1.82) is 0 Å². The molecule has 0 aliphatic carbocycles. The van der Waals surface area contributed by atoms with Crippen molar-refractivity contribution in [3.63, 3.8) is 0 Å². The molecule has 0 spiro atoms. The van der Waals surface area contributed by atoms with Gasteiger partial charge >= 0.3 is 0 Å². The van der Waals surface area contributed by atoms with Crippen LogP contribution in [0.5, 0.6) is 0 Å². The van der Waals surface area contributed by atoms with Crippen LogP contribution in [0.1, 0.15) is 66.8 Å². The number of aliphatic hydroxyl groups is 1. The van der Waals surface area contributed by atoms with Gasteiger partial charge in [0.15, 0.2) is 6.29 Å². The Balaban J connectivity index is 1.22. The number of unbranched alkanes of at least 4 members (excludes halogenated alkanes) is 1. The van der Waals surface area contributed by atoms with Crippen LogP contribution in [0.25, 0.3) is 11.1 Å². The van der Waals surface area contributed by atoms with E-state index in [2.05, 4.69) is 26.9 Å². The highest BCUT2D eigenvalue weighted by Gasteiger charge is 2.32. The van der Waals surface area contributed by atoms with E-state index in [0.29, 0.717) is 43.1 Å². The molecule has 0 saturated carbocycles. The highest BCUT2D eigenvalue weighted by atomic mass is 32.2. The standard InChI is InChI=1S/C33H38N6O6S/c1-39-33(35-37-38-39)46-21-28-18-29(25-11-9-22(20-40)10-12-25)45-32(44-28)26-15-13-24(14-16-26)27-6-4-5-23(17-27)19-34-30(41)7-2-3-8-31(42)36-43/h4-6,9-17,28-29,32,40,43H,2-3,7-8,18-21H2,1H3,(H,34,41)(H,36,42). The van der Waals surface area contributed by atoms with Crippen LogP contribution >= 0.6 is 11.8 Å². The third kappa shape index (κ3) is 9.21. The Hall–Kier alpha value is -4.14. The first kappa shape index (κ1) is 33.2. The van der Waals surface area contributed by atoms with Crippen LogP contribution in [0.2, 0.25) is 0 Å². The van der Waals surface area contributed by atoms with Gasteiger partial charge in [-0.2, -0.15) is 0 Å². The fraction of sp³-hybridized carbons (Fsp3) is 0.364. The Bertz CT molecular complexity index is 1580. The largest absolute Gasteiger partial charge is 0.392 e. The number of hydrogen-bond donors (Lipinski definition) is 4. The summed E-state index contributed by atoms with van der Waals surface area (Å²) in [5.41, 5.74) is 7.38. The average Bonchev–Trinajstić information content (AvgIpc) is 3.52. The first-order valence-corrected chi connectivity index (χ1v) is 16.1. The molecule has 3 unspecified atom stereocenters. The van der Waals surface area contributed by atoms with E-state index in [1.165, 1.54) is 11.8 Å². The van der Waals surface area contributed by atoms with Gasteiger partial charge in [-0.25, -0.2) is 10.2 Å². The van der Waals surface area contributed by atoms with Gasteiger partial charge in [-0.1, -0.05) is 78.5 Å². The highest BCUT2D eigenvalue weighted by molar-refractivity contribution is 7.99. The predicted molar refractivity (Wildman–Crippen MR) is 170 cm³/mol. The van der Waals surface area contributed by atoms with Gasteiger partial charge in [0.2, 0.25) is 17.0 Å². The molecular formula is C33H38N6O6S. The van der Waals surface area contributed by atoms with Crippen LogP contribution < -0.4 is 10.8 Å². The molecule has 3 aromatic carbocycles. The Morgan fingerprint density at radius 2 is 1.67 bits per heavy atom. The van der Waals surface area contributed by atoms with Crippen LogP contribution in [0, 0.1) is 0 Å². The summed E-state index contributed by atoms with van der Waals surface area (Å²) in [4.78, 5) is 23.3. The van der Waals surface area contributed by atoms with Gasteiger partial charge in [-0.15, -0.1) is 5.10 Å². The molecule has 46 heavy (non-hydrogen) atoms. The molecule has 3 atom stereocenters. The van der Waals surface area contributed by atoms with Crippen molar-refractivity contribution in [2.75, 3.05) is 5.75 Å². The van der Waals surface area contributed by atoms with Crippen molar-refractivity contribution in [1.82, 2.24) is 31.0 Å². The molecule has 2 heterocycles. The van der Waals surface area contributed by atoms with Crippen molar-refractivity contribution in [2.24, 2.45) is 7.05 Å². The third-order valence-corrected chi connectivity index (χ3v) is 8.85.